The Morgan fingerprint density at radius 3 is 1.24 bits per heavy atom. The molecule has 448 valence electrons. The summed E-state index contributed by atoms with van der Waals surface area (Å²) in [5.74, 6) is -3.20. The average Bonchev–Trinajstić information content (AvgIpc) is 3.44. The highest BCUT2D eigenvalue weighted by Gasteiger charge is 2.50. The lowest BCUT2D eigenvalue weighted by molar-refractivity contribution is -0.301. The van der Waals surface area contributed by atoms with Crippen molar-refractivity contribution in [3.63, 3.8) is 0 Å². The zero-order valence-electron chi connectivity index (χ0n) is 49.3. The number of hydrogen-bond acceptors (Lipinski definition) is 11. The monoisotopic (exact) mass is 1100 g/mol. The Morgan fingerprint density at radius 2 is 0.797 bits per heavy atom. The van der Waals surface area contributed by atoms with Gasteiger partial charge in [-0.3, -0.25) is 14.4 Å². The minimum Gasteiger partial charge on any atom is -0.479 e. The van der Waals surface area contributed by atoms with Gasteiger partial charge in [0.25, 0.3) is 0 Å². The Balaban J connectivity index is 2.72. The lowest BCUT2D eigenvalue weighted by atomic mass is 9.98. The van der Waals surface area contributed by atoms with Gasteiger partial charge in [-0.25, -0.2) is 4.79 Å². The molecular weight excluding hydrogens is 997 g/mol. The first-order chi connectivity index (χ1) is 38.6. The van der Waals surface area contributed by atoms with Crippen molar-refractivity contribution in [2.24, 2.45) is 0 Å². The van der Waals surface area contributed by atoms with E-state index in [1.165, 1.54) is 38.5 Å². The molecule has 1 fully saturated rings. The van der Waals surface area contributed by atoms with Crippen molar-refractivity contribution in [1.29, 1.82) is 0 Å². The minimum atomic E-state index is -1.92. The Morgan fingerprint density at radius 1 is 0.430 bits per heavy atom. The number of hydrogen-bond donors (Lipinski definition) is 3. The van der Waals surface area contributed by atoms with Crippen LogP contribution in [0, 0.1) is 0 Å². The molecule has 79 heavy (non-hydrogen) atoms. The molecule has 1 aliphatic rings. The molecule has 0 spiro atoms. The van der Waals surface area contributed by atoms with Gasteiger partial charge in [-0.05, 0) is 122 Å². The molecule has 3 N–H and O–H groups in total. The first kappa shape index (κ1) is 72.4. The fourth-order valence-corrected chi connectivity index (χ4v) is 8.64. The molecule has 0 amide bonds. The second-order valence-electron chi connectivity index (χ2n) is 20.6. The number of carbonyl (C=O) groups is 4. The zero-order valence-corrected chi connectivity index (χ0v) is 49.3. The Kier molecular flexibility index (Phi) is 49.5. The molecule has 0 aromatic heterocycles. The SMILES string of the molecule is CC/C=C\C/C=C\C/C=C\C/C=C\C/C=C\CCCCCC(=O)OC1C(OCC(COC(=O)CCCCCCC/C=C\C/C=C\C/C=C\CC)OC(=O)CCCCCCC/C=C\CCCCCCCC)OC(C(=O)O)C(O)C1O. The summed E-state index contributed by atoms with van der Waals surface area (Å²) in [6, 6.07) is 0. The molecule has 0 saturated carbocycles. The van der Waals surface area contributed by atoms with Gasteiger partial charge in [-0.1, -0.05) is 207 Å². The maximum atomic E-state index is 13.2. The van der Waals surface area contributed by atoms with E-state index in [-0.39, 0.29) is 25.9 Å². The molecule has 1 aliphatic heterocycles. The molecule has 6 unspecified atom stereocenters. The lowest BCUT2D eigenvalue weighted by Gasteiger charge is -2.40. The van der Waals surface area contributed by atoms with E-state index in [1.54, 1.807) is 0 Å². The van der Waals surface area contributed by atoms with Crippen molar-refractivity contribution in [2.45, 2.75) is 276 Å². The highest BCUT2D eigenvalue weighted by Crippen LogP contribution is 2.26. The van der Waals surface area contributed by atoms with Crippen LogP contribution in [0.1, 0.15) is 239 Å². The number of allylic oxidation sites excluding steroid dienone is 18. The third-order valence-electron chi connectivity index (χ3n) is 13.3. The van der Waals surface area contributed by atoms with Crippen LogP contribution in [0.15, 0.2) is 109 Å². The first-order valence-electron chi connectivity index (χ1n) is 30.9. The number of ether oxygens (including phenoxy) is 5. The van der Waals surface area contributed by atoms with Crippen LogP contribution in [-0.2, 0) is 42.9 Å². The number of carboxylic acid groups (broad SMARTS) is 1. The number of carboxylic acids is 1. The van der Waals surface area contributed by atoms with E-state index in [2.05, 4.69) is 130 Å². The molecule has 0 aliphatic carbocycles. The first-order valence-corrected chi connectivity index (χ1v) is 30.9. The Labute approximate surface area is 478 Å². The van der Waals surface area contributed by atoms with Crippen LogP contribution in [0.3, 0.4) is 0 Å². The number of aliphatic carboxylic acids is 1. The van der Waals surface area contributed by atoms with Gasteiger partial charge in [0.2, 0.25) is 0 Å². The predicted octanol–water partition coefficient (Wildman–Crippen LogP) is 16.2. The molecule has 12 heteroatoms. The predicted molar refractivity (Wildman–Crippen MR) is 321 cm³/mol. The Hall–Kier alpha value is -4.62. The molecule has 1 rings (SSSR count). The molecule has 1 heterocycles. The number of aliphatic hydroxyl groups is 2. The summed E-state index contributed by atoms with van der Waals surface area (Å²) in [6.07, 6.45) is 60.5. The second kappa shape index (κ2) is 54.0. The standard InChI is InChI=1S/C67H108O12/c1-4-7-10-13-16-19-22-25-28-29-30-31-34-37-40-43-46-49-52-55-61(70)78-65-63(72)62(71)64(66(73)74)79-67(65)76-57-58(77-60(69)54-51-48-45-42-39-36-33-27-24-21-18-15-12-9-6-3)56-75-59(68)53-50-47-44-41-38-35-32-26-23-20-17-14-11-8-5-2/h7-8,10-11,16-17,19-20,25-28,30-33,37,40,58,62-65,67,71-72H,4-6,9,12-15,18,21-24,29,34-36,38-39,41-57H2,1-3H3,(H,73,74)/b10-7-,11-8-,19-16-,20-17-,28-25-,31-30-,32-26-,33-27-,40-37-. The fourth-order valence-electron chi connectivity index (χ4n) is 8.64. The summed E-state index contributed by atoms with van der Waals surface area (Å²) in [4.78, 5) is 51.2. The number of aliphatic hydroxyl groups excluding tert-OH is 2. The summed E-state index contributed by atoms with van der Waals surface area (Å²) in [5, 5.41) is 31.5. The molecule has 0 aromatic rings. The van der Waals surface area contributed by atoms with Crippen LogP contribution in [0.4, 0.5) is 0 Å². The lowest BCUT2D eigenvalue weighted by Crippen LogP contribution is -2.61. The number of esters is 3. The summed E-state index contributed by atoms with van der Waals surface area (Å²) in [5.41, 5.74) is 0. The van der Waals surface area contributed by atoms with Gasteiger partial charge < -0.3 is 39.0 Å². The molecule has 12 nitrogen and oxygen atoms in total. The van der Waals surface area contributed by atoms with Crippen LogP contribution >= 0.6 is 0 Å². The van der Waals surface area contributed by atoms with E-state index in [0.29, 0.717) is 19.3 Å². The van der Waals surface area contributed by atoms with E-state index in [4.69, 9.17) is 23.7 Å². The van der Waals surface area contributed by atoms with Crippen LogP contribution in [0.25, 0.3) is 0 Å². The summed E-state index contributed by atoms with van der Waals surface area (Å²) in [6.45, 7) is 5.73. The number of carbonyl (C=O) groups excluding carboxylic acids is 3. The minimum absolute atomic E-state index is 0.0137. The maximum Gasteiger partial charge on any atom is 0.335 e. The van der Waals surface area contributed by atoms with Gasteiger partial charge in [0, 0.05) is 19.3 Å². The van der Waals surface area contributed by atoms with Crippen LogP contribution in [-0.4, -0.2) is 89.2 Å². The molecule has 0 aromatic carbocycles. The van der Waals surface area contributed by atoms with E-state index in [1.807, 2.05) is 0 Å². The molecular formula is C67H108O12. The normalized spacial score (nSPS) is 18.6. The van der Waals surface area contributed by atoms with Gasteiger partial charge in [0.15, 0.2) is 24.6 Å². The molecule has 0 bridgehead atoms. The fraction of sp³-hybridized carbons (Fsp3) is 0.672. The van der Waals surface area contributed by atoms with Crippen molar-refractivity contribution < 1.29 is 58.2 Å². The van der Waals surface area contributed by atoms with Crippen LogP contribution in [0.2, 0.25) is 0 Å². The highest BCUT2D eigenvalue weighted by atomic mass is 16.7. The third kappa shape index (κ3) is 43.8. The van der Waals surface area contributed by atoms with Gasteiger partial charge in [-0.15, -0.1) is 0 Å². The molecule has 6 atom stereocenters. The zero-order chi connectivity index (χ0) is 57.5. The van der Waals surface area contributed by atoms with Gasteiger partial charge in [-0.2, -0.15) is 0 Å². The highest BCUT2D eigenvalue weighted by molar-refractivity contribution is 5.74. The van der Waals surface area contributed by atoms with Crippen molar-refractivity contribution >= 4 is 23.9 Å². The summed E-state index contributed by atoms with van der Waals surface area (Å²) >= 11 is 0. The average molecular weight is 1110 g/mol. The van der Waals surface area contributed by atoms with Crippen molar-refractivity contribution in [3.05, 3.63) is 109 Å². The number of rotatable bonds is 51. The topological polar surface area (TPSA) is 175 Å². The van der Waals surface area contributed by atoms with Crippen LogP contribution in [0.5, 0.6) is 0 Å². The van der Waals surface area contributed by atoms with Gasteiger partial charge >= 0.3 is 23.9 Å². The second-order valence-corrected chi connectivity index (χ2v) is 20.6. The smallest absolute Gasteiger partial charge is 0.335 e. The van der Waals surface area contributed by atoms with E-state index >= 15 is 0 Å². The molecule has 1 saturated heterocycles. The van der Waals surface area contributed by atoms with E-state index in [9.17, 15) is 34.5 Å². The Bertz CT molecular complexity index is 1790. The van der Waals surface area contributed by atoms with Crippen molar-refractivity contribution in [1.82, 2.24) is 0 Å². The summed E-state index contributed by atoms with van der Waals surface area (Å²) < 4.78 is 28.4. The largest absolute Gasteiger partial charge is 0.479 e. The van der Waals surface area contributed by atoms with Gasteiger partial charge in [0.1, 0.15) is 18.8 Å². The quantitative estimate of drug-likeness (QED) is 0.0228. The van der Waals surface area contributed by atoms with Gasteiger partial charge in [0.05, 0.1) is 6.61 Å². The number of unbranched alkanes of at least 4 members (excludes halogenated alkanes) is 19. The summed E-state index contributed by atoms with van der Waals surface area (Å²) in [7, 11) is 0. The molecule has 0 radical (unpaired) electrons. The maximum absolute atomic E-state index is 13.2. The van der Waals surface area contributed by atoms with Crippen LogP contribution < -0.4 is 0 Å². The van der Waals surface area contributed by atoms with Crippen molar-refractivity contribution in [2.75, 3.05) is 13.2 Å². The van der Waals surface area contributed by atoms with E-state index in [0.717, 1.165) is 141 Å². The van der Waals surface area contributed by atoms with E-state index < -0.39 is 67.3 Å². The van der Waals surface area contributed by atoms with Crippen molar-refractivity contribution in [3.8, 4) is 0 Å². The third-order valence-corrected chi connectivity index (χ3v) is 13.3.